The Bertz CT molecular complexity index is 1960. The Morgan fingerprint density at radius 3 is 2.69 bits per heavy atom. The number of thiazole rings is 1. The highest BCUT2D eigenvalue weighted by molar-refractivity contribution is 7.22. The molecule has 10 nitrogen and oxygen atoms in total. The first-order chi connectivity index (χ1) is 23.1. The van der Waals surface area contributed by atoms with Crippen LogP contribution in [0.15, 0.2) is 18.2 Å². The third kappa shape index (κ3) is 6.60. The van der Waals surface area contributed by atoms with Gasteiger partial charge >= 0.3 is 12.1 Å². The Balaban J connectivity index is 1.33. The number of anilines is 2. The first-order valence-electron chi connectivity index (χ1n) is 16.4. The topological polar surface area (TPSA) is 113 Å². The van der Waals surface area contributed by atoms with E-state index in [4.69, 9.17) is 26.1 Å². The van der Waals surface area contributed by atoms with Gasteiger partial charge in [0, 0.05) is 42.6 Å². The summed E-state index contributed by atoms with van der Waals surface area (Å²) in [7, 11) is 0. The molecule has 0 saturated carbocycles. The lowest BCUT2D eigenvalue weighted by molar-refractivity contribution is 0.0446. The lowest BCUT2D eigenvalue weighted by atomic mass is 9.94. The minimum atomic E-state index is -1.00. The summed E-state index contributed by atoms with van der Waals surface area (Å²) < 4.78 is 58.1. The van der Waals surface area contributed by atoms with E-state index in [1.807, 2.05) is 4.90 Å². The zero-order chi connectivity index (χ0) is 34.9. The molecule has 3 fully saturated rings. The van der Waals surface area contributed by atoms with Gasteiger partial charge in [0.15, 0.2) is 10.9 Å². The molecule has 3 atom stereocenters. The highest BCUT2D eigenvalue weighted by Crippen LogP contribution is 2.44. The molecule has 0 spiro atoms. The van der Waals surface area contributed by atoms with Gasteiger partial charge in [-0.15, -0.1) is 0 Å². The van der Waals surface area contributed by atoms with Crippen molar-refractivity contribution in [1.29, 1.82) is 0 Å². The van der Waals surface area contributed by atoms with Crippen molar-refractivity contribution in [3.63, 3.8) is 0 Å². The predicted octanol–water partition coefficient (Wildman–Crippen LogP) is 7.49. The Labute approximate surface area is 290 Å². The molecule has 3 aliphatic heterocycles. The summed E-state index contributed by atoms with van der Waals surface area (Å²) >= 11 is 7.71. The number of benzene rings is 2. The van der Waals surface area contributed by atoms with E-state index in [0.717, 1.165) is 30.7 Å². The van der Waals surface area contributed by atoms with Gasteiger partial charge in [-0.25, -0.2) is 22.9 Å². The molecule has 1 unspecified atom stereocenters. The van der Waals surface area contributed by atoms with Gasteiger partial charge in [0.1, 0.15) is 35.5 Å². The number of amides is 1. The van der Waals surface area contributed by atoms with Gasteiger partial charge in [-0.2, -0.15) is 9.97 Å². The SMILES string of the molecule is CC1(O)CCCN(c2nc(OC[C@@]34CCCN3C[C@H](F)C4)nc3c(F)c(-c4ccc(F)c5sc(NC(=O)OC(C)(C)C)nc45)c(Cl)cc23)C1. The number of halogens is 4. The Hall–Kier alpha value is -3.46. The number of nitrogens with one attached hydrogen (secondary N) is 1. The number of carbonyl (C=O) groups excluding carboxylic acids is 1. The number of aromatic nitrogens is 3. The van der Waals surface area contributed by atoms with Crippen LogP contribution in [-0.4, -0.2) is 86.8 Å². The van der Waals surface area contributed by atoms with Gasteiger partial charge < -0.3 is 19.5 Å². The predicted molar refractivity (Wildman–Crippen MR) is 184 cm³/mol. The van der Waals surface area contributed by atoms with Gasteiger partial charge in [-0.05, 0) is 78.1 Å². The van der Waals surface area contributed by atoms with Crippen LogP contribution in [0.3, 0.4) is 0 Å². The Morgan fingerprint density at radius 1 is 1.16 bits per heavy atom. The number of carbonyl (C=O) groups is 1. The molecule has 2 N–H and O–H groups in total. The largest absolute Gasteiger partial charge is 0.461 e. The van der Waals surface area contributed by atoms with E-state index in [1.54, 1.807) is 33.8 Å². The lowest BCUT2D eigenvalue weighted by Gasteiger charge is -2.38. The molecular weight excluding hydrogens is 681 g/mol. The van der Waals surface area contributed by atoms with E-state index in [1.165, 1.54) is 12.1 Å². The van der Waals surface area contributed by atoms with Crippen LogP contribution in [0, 0.1) is 11.6 Å². The zero-order valence-corrected chi connectivity index (χ0v) is 29.3. The van der Waals surface area contributed by atoms with Crippen molar-refractivity contribution in [3.05, 3.63) is 34.9 Å². The van der Waals surface area contributed by atoms with Crippen LogP contribution in [0.5, 0.6) is 6.01 Å². The number of β-amino-alcohol motifs (C(OH)–C–C–N with tert-alkyl or cyclic N) is 1. The maximum atomic E-state index is 17.0. The molecule has 4 aromatic rings. The van der Waals surface area contributed by atoms with Crippen LogP contribution in [0.4, 0.5) is 28.9 Å². The number of ether oxygens (including phenoxy) is 2. The second kappa shape index (κ2) is 12.4. The molecule has 0 bridgehead atoms. The summed E-state index contributed by atoms with van der Waals surface area (Å²) in [5, 5.41) is 13.8. The highest BCUT2D eigenvalue weighted by atomic mass is 35.5. The molecule has 3 saturated heterocycles. The minimum Gasteiger partial charge on any atom is -0.461 e. The van der Waals surface area contributed by atoms with Crippen molar-refractivity contribution in [2.45, 2.75) is 82.7 Å². The monoisotopic (exact) mass is 718 g/mol. The minimum absolute atomic E-state index is 0.00952. The number of nitrogens with zero attached hydrogens (tertiary/aromatic N) is 5. The molecule has 262 valence electrons. The third-order valence-corrected chi connectivity index (χ3v) is 10.7. The maximum Gasteiger partial charge on any atom is 0.413 e. The molecule has 1 amide bonds. The number of piperidine rings is 1. The fourth-order valence-corrected chi connectivity index (χ4v) is 8.56. The highest BCUT2D eigenvalue weighted by Gasteiger charge is 2.49. The van der Waals surface area contributed by atoms with Crippen LogP contribution in [0.25, 0.3) is 32.2 Å². The summed E-state index contributed by atoms with van der Waals surface area (Å²) in [6.07, 6.45) is 1.60. The van der Waals surface area contributed by atoms with E-state index in [0.29, 0.717) is 43.6 Å². The van der Waals surface area contributed by atoms with Crippen molar-refractivity contribution >= 4 is 61.1 Å². The normalized spacial score (nSPS) is 24.5. The molecule has 5 heterocycles. The lowest BCUT2D eigenvalue weighted by Crippen LogP contribution is -2.46. The molecular formula is C34H38ClF3N6O4S. The molecule has 2 aromatic heterocycles. The van der Waals surface area contributed by atoms with Crippen molar-refractivity contribution in [2.75, 3.05) is 43.0 Å². The number of aliphatic hydroxyl groups is 1. The molecule has 0 radical (unpaired) electrons. The number of alkyl halides is 1. The van der Waals surface area contributed by atoms with Crippen molar-refractivity contribution in [2.24, 2.45) is 0 Å². The van der Waals surface area contributed by atoms with Crippen molar-refractivity contribution in [3.8, 4) is 17.1 Å². The molecule has 15 heteroatoms. The van der Waals surface area contributed by atoms with Gasteiger partial charge in [0.05, 0.1) is 26.4 Å². The van der Waals surface area contributed by atoms with Crippen molar-refractivity contribution in [1.82, 2.24) is 19.9 Å². The maximum absolute atomic E-state index is 17.0. The fourth-order valence-electron chi connectivity index (χ4n) is 7.38. The van der Waals surface area contributed by atoms with Gasteiger partial charge in [-0.3, -0.25) is 10.2 Å². The van der Waals surface area contributed by atoms with Gasteiger partial charge in [0.2, 0.25) is 0 Å². The molecule has 2 aromatic carbocycles. The first kappa shape index (κ1) is 34.0. The van der Waals surface area contributed by atoms with E-state index in [9.17, 15) is 14.3 Å². The average molecular weight is 719 g/mol. The van der Waals surface area contributed by atoms with Gasteiger partial charge in [-0.1, -0.05) is 22.9 Å². The van der Waals surface area contributed by atoms with E-state index in [-0.39, 0.29) is 56.2 Å². The molecule has 3 aliphatic rings. The third-order valence-electron chi connectivity index (χ3n) is 9.42. The number of hydrogen-bond donors (Lipinski definition) is 2. The number of fused-ring (bicyclic) bond motifs is 3. The van der Waals surface area contributed by atoms with Gasteiger partial charge in [0.25, 0.3) is 0 Å². The van der Waals surface area contributed by atoms with Crippen LogP contribution < -0.4 is 15.0 Å². The van der Waals surface area contributed by atoms with Crippen LogP contribution in [0.2, 0.25) is 5.02 Å². The van der Waals surface area contributed by atoms with Crippen molar-refractivity contribution < 1.29 is 32.5 Å². The second-order valence-electron chi connectivity index (χ2n) is 14.6. The van der Waals surface area contributed by atoms with Crippen LogP contribution in [-0.2, 0) is 4.74 Å². The summed E-state index contributed by atoms with van der Waals surface area (Å²) in [4.78, 5) is 30.1. The van der Waals surface area contributed by atoms with E-state index in [2.05, 4.69) is 20.2 Å². The number of hydrogen-bond acceptors (Lipinski definition) is 10. The molecule has 7 rings (SSSR count). The standard InChI is InChI=1S/C34H38ClF3N6O4S/c1-32(2,3)48-31(45)42-30-40-26-19(7-8-22(37)27(26)49-30)23-21(35)13-20-25(24(23)38)39-29(41-28(20)43-11-5-9-33(4,46)16-43)47-17-34-10-6-12-44(34)15-18(36)14-34/h7-8,13,18,46H,5-6,9-12,14-17H2,1-4H3,(H,40,42,45)/t18-,33?,34+/m1/s1. The quantitative estimate of drug-likeness (QED) is 0.209. The number of rotatable bonds is 6. The summed E-state index contributed by atoms with van der Waals surface area (Å²) in [6.45, 7) is 8.95. The summed E-state index contributed by atoms with van der Waals surface area (Å²) in [6, 6.07) is 4.05. The average Bonchev–Trinajstić information content (AvgIpc) is 3.68. The Morgan fingerprint density at radius 2 is 1.94 bits per heavy atom. The molecule has 49 heavy (non-hydrogen) atoms. The summed E-state index contributed by atoms with van der Waals surface area (Å²) in [5.74, 6) is -1.05. The van der Waals surface area contributed by atoms with Crippen LogP contribution >= 0.6 is 22.9 Å². The zero-order valence-electron chi connectivity index (χ0n) is 27.7. The smallest absolute Gasteiger partial charge is 0.413 e. The second-order valence-corrected chi connectivity index (χ2v) is 16.0. The van der Waals surface area contributed by atoms with E-state index >= 15 is 8.78 Å². The Kier molecular flexibility index (Phi) is 8.60. The molecule has 0 aliphatic carbocycles. The fraction of sp³-hybridized carbons (Fsp3) is 0.529. The summed E-state index contributed by atoms with van der Waals surface area (Å²) in [5.41, 5.74) is -2.11. The van der Waals surface area contributed by atoms with Crippen LogP contribution in [0.1, 0.15) is 59.8 Å². The van der Waals surface area contributed by atoms with E-state index < -0.39 is 40.6 Å². The first-order valence-corrected chi connectivity index (χ1v) is 17.6.